The number of rotatable bonds is 5. The molecule has 0 bridgehead atoms. The molecule has 1 saturated heterocycles. The number of carbonyl (C=O) groups is 1. The number of amides is 1. The van der Waals surface area contributed by atoms with Gasteiger partial charge in [0.05, 0.1) is 5.92 Å². The fourth-order valence-electron chi connectivity index (χ4n) is 3.00. The predicted molar refractivity (Wildman–Crippen MR) is 96.1 cm³/mol. The molecule has 4 heteroatoms. The molecule has 24 heavy (non-hydrogen) atoms. The summed E-state index contributed by atoms with van der Waals surface area (Å²) in [5.41, 5.74) is 1.96. The van der Waals surface area contributed by atoms with Gasteiger partial charge in [-0.05, 0) is 56.3 Å². The summed E-state index contributed by atoms with van der Waals surface area (Å²) in [6, 6.07) is 17.6. The van der Waals surface area contributed by atoms with Crippen LogP contribution < -0.4 is 10.1 Å². The first-order valence-corrected chi connectivity index (χ1v) is 8.47. The Hall–Kier alpha value is -2.33. The number of ether oxygens (including phenoxy) is 1. The Labute approximate surface area is 143 Å². The van der Waals surface area contributed by atoms with Gasteiger partial charge in [0.15, 0.2) is 0 Å². The van der Waals surface area contributed by atoms with Crippen molar-refractivity contribution in [3.63, 3.8) is 0 Å². The molecule has 0 aromatic heterocycles. The minimum Gasteiger partial charge on any atom is -0.489 e. The minimum atomic E-state index is 0.0813. The first-order chi connectivity index (χ1) is 11.7. The normalized spacial score (nSPS) is 18.1. The van der Waals surface area contributed by atoms with Crippen LogP contribution in [0.1, 0.15) is 18.4 Å². The third-order valence-corrected chi connectivity index (χ3v) is 4.37. The second-order valence-corrected chi connectivity index (χ2v) is 6.39. The molecule has 0 unspecified atom stereocenters. The second-order valence-electron chi connectivity index (χ2n) is 6.39. The molecule has 2 aromatic rings. The minimum absolute atomic E-state index is 0.0813. The van der Waals surface area contributed by atoms with Gasteiger partial charge >= 0.3 is 0 Å². The molecule has 1 fully saturated rings. The number of benzene rings is 2. The third-order valence-electron chi connectivity index (χ3n) is 4.37. The topological polar surface area (TPSA) is 41.6 Å². The standard InChI is InChI=1S/C20H24N2O2/c1-22-13-5-8-17(14-22)20(23)21-18-9-11-19(12-10-18)24-15-16-6-3-2-4-7-16/h2-4,6-7,9-12,17H,5,8,13-15H2,1H3,(H,21,23)/t17-/m1/s1. The van der Waals surface area contributed by atoms with Gasteiger partial charge in [-0.3, -0.25) is 4.79 Å². The number of carbonyl (C=O) groups excluding carboxylic acids is 1. The van der Waals surface area contributed by atoms with Crippen molar-refractivity contribution in [2.24, 2.45) is 5.92 Å². The summed E-state index contributed by atoms with van der Waals surface area (Å²) in [6.45, 7) is 2.46. The van der Waals surface area contributed by atoms with Gasteiger partial charge in [0.25, 0.3) is 0 Å². The molecule has 3 rings (SSSR count). The number of hydrogen-bond acceptors (Lipinski definition) is 3. The number of nitrogens with zero attached hydrogens (tertiary/aromatic N) is 1. The zero-order chi connectivity index (χ0) is 16.8. The van der Waals surface area contributed by atoms with Gasteiger partial charge in [-0.15, -0.1) is 0 Å². The molecular formula is C20H24N2O2. The zero-order valence-corrected chi connectivity index (χ0v) is 14.1. The summed E-state index contributed by atoms with van der Waals surface area (Å²) in [4.78, 5) is 14.6. The molecule has 0 saturated carbocycles. The maximum Gasteiger partial charge on any atom is 0.228 e. The summed E-state index contributed by atoms with van der Waals surface area (Å²) >= 11 is 0. The highest BCUT2D eigenvalue weighted by atomic mass is 16.5. The average Bonchev–Trinajstić information content (AvgIpc) is 2.62. The molecule has 0 aliphatic carbocycles. The lowest BCUT2D eigenvalue weighted by molar-refractivity contribution is -0.121. The quantitative estimate of drug-likeness (QED) is 0.914. The highest BCUT2D eigenvalue weighted by molar-refractivity contribution is 5.92. The Morgan fingerprint density at radius 1 is 1.17 bits per heavy atom. The van der Waals surface area contributed by atoms with Crippen LogP contribution in [0.4, 0.5) is 5.69 Å². The monoisotopic (exact) mass is 324 g/mol. The van der Waals surface area contributed by atoms with E-state index < -0.39 is 0 Å². The van der Waals surface area contributed by atoms with E-state index in [0.29, 0.717) is 6.61 Å². The van der Waals surface area contributed by atoms with Crippen LogP contribution in [0.25, 0.3) is 0 Å². The van der Waals surface area contributed by atoms with Gasteiger partial charge in [0.2, 0.25) is 5.91 Å². The second kappa shape index (κ2) is 7.97. The van der Waals surface area contributed by atoms with Gasteiger partial charge in [-0.2, -0.15) is 0 Å². The van der Waals surface area contributed by atoms with Gasteiger partial charge in [-0.25, -0.2) is 0 Å². The number of likely N-dealkylation sites (tertiary alicyclic amines) is 1. The fraction of sp³-hybridized carbons (Fsp3) is 0.350. The Bertz CT molecular complexity index is 655. The average molecular weight is 324 g/mol. The van der Waals surface area contributed by atoms with Crippen molar-refractivity contribution in [2.45, 2.75) is 19.4 Å². The smallest absolute Gasteiger partial charge is 0.228 e. The van der Waals surface area contributed by atoms with Crippen LogP contribution in [0.15, 0.2) is 54.6 Å². The third kappa shape index (κ3) is 4.59. The molecule has 1 N–H and O–H groups in total. The lowest BCUT2D eigenvalue weighted by Crippen LogP contribution is -2.38. The summed E-state index contributed by atoms with van der Waals surface area (Å²) < 4.78 is 5.76. The van der Waals surface area contributed by atoms with Crippen LogP contribution in [0.2, 0.25) is 0 Å². The molecular weight excluding hydrogens is 300 g/mol. The van der Waals surface area contributed by atoms with E-state index in [2.05, 4.69) is 17.3 Å². The van der Waals surface area contributed by atoms with Gasteiger partial charge in [0.1, 0.15) is 12.4 Å². The van der Waals surface area contributed by atoms with Crippen molar-refractivity contribution >= 4 is 11.6 Å². The molecule has 4 nitrogen and oxygen atoms in total. The van der Waals surface area contributed by atoms with Crippen molar-refractivity contribution in [2.75, 3.05) is 25.5 Å². The zero-order valence-electron chi connectivity index (χ0n) is 14.1. The molecule has 1 aliphatic rings. The molecule has 126 valence electrons. The number of nitrogens with one attached hydrogen (secondary N) is 1. The largest absolute Gasteiger partial charge is 0.489 e. The van der Waals surface area contributed by atoms with E-state index in [1.165, 1.54) is 0 Å². The maximum absolute atomic E-state index is 12.3. The first-order valence-electron chi connectivity index (χ1n) is 8.47. The Kier molecular flexibility index (Phi) is 5.49. The molecule has 2 aromatic carbocycles. The highest BCUT2D eigenvalue weighted by Gasteiger charge is 2.23. The maximum atomic E-state index is 12.3. The number of anilines is 1. The van der Waals surface area contributed by atoms with Crippen molar-refractivity contribution in [3.05, 3.63) is 60.2 Å². The van der Waals surface area contributed by atoms with Gasteiger partial charge in [-0.1, -0.05) is 30.3 Å². The number of piperidine rings is 1. The van der Waals surface area contributed by atoms with Crippen LogP contribution in [0.5, 0.6) is 5.75 Å². The predicted octanol–water partition coefficient (Wildman–Crippen LogP) is 3.55. The molecule has 1 aliphatic heterocycles. The van der Waals surface area contributed by atoms with Crippen molar-refractivity contribution in [1.82, 2.24) is 4.90 Å². The molecule has 0 radical (unpaired) electrons. The van der Waals surface area contributed by atoms with Crippen molar-refractivity contribution in [3.8, 4) is 5.75 Å². The van der Waals surface area contributed by atoms with E-state index in [-0.39, 0.29) is 11.8 Å². The van der Waals surface area contributed by atoms with E-state index in [4.69, 9.17) is 4.74 Å². The Morgan fingerprint density at radius 3 is 2.62 bits per heavy atom. The molecule has 0 spiro atoms. The van der Waals surface area contributed by atoms with Crippen LogP contribution in [-0.4, -0.2) is 30.9 Å². The van der Waals surface area contributed by atoms with Gasteiger partial charge in [0, 0.05) is 12.2 Å². The lowest BCUT2D eigenvalue weighted by atomic mass is 9.97. The van der Waals surface area contributed by atoms with E-state index in [1.54, 1.807) is 0 Å². The van der Waals surface area contributed by atoms with E-state index >= 15 is 0 Å². The van der Waals surface area contributed by atoms with E-state index in [1.807, 2.05) is 54.6 Å². The lowest BCUT2D eigenvalue weighted by Gasteiger charge is -2.28. The molecule has 1 atom stereocenters. The summed E-state index contributed by atoms with van der Waals surface area (Å²) in [7, 11) is 2.07. The summed E-state index contributed by atoms with van der Waals surface area (Å²) in [5.74, 6) is 0.992. The van der Waals surface area contributed by atoms with Crippen molar-refractivity contribution < 1.29 is 9.53 Å². The van der Waals surface area contributed by atoms with E-state index in [0.717, 1.165) is 42.9 Å². The van der Waals surface area contributed by atoms with Gasteiger partial charge < -0.3 is 15.0 Å². The first kappa shape index (κ1) is 16.5. The summed E-state index contributed by atoms with van der Waals surface area (Å²) in [5, 5.41) is 3.01. The van der Waals surface area contributed by atoms with Crippen molar-refractivity contribution in [1.29, 1.82) is 0 Å². The molecule has 1 amide bonds. The SMILES string of the molecule is CN1CCC[C@@H](C(=O)Nc2ccc(OCc3ccccc3)cc2)C1. The highest BCUT2D eigenvalue weighted by Crippen LogP contribution is 2.20. The summed E-state index contributed by atoms with van der Waals surface area (Å²) in [6.07, 6.45) is 2.05. The fourth-order valence-corrected chi connectivity index (χ4v) is 3.00. The van der Waals surface area contributed by atoms with Crippen LogP contribution >= 0.6 is 0 Å². The van der Waals surface area contributed by atoms with E-state index in [9.17, 15) is 4.79 Å². The number of hydrogen-bond donors (Lipinski definition) is 1. The van der Waals surface area contributed by atoms with Crippen LogP contribution in [0.3, 0.4) is 0 Å². The Morgan fingerprint density at radius 2 is 1.92 bits per heavy atom. The Balaban J connectivity index is 1.51. The van der Waals surface area contributed by atoms with Crippen LogP contribution in [-0.2, 0) is 11.4 Å². The molecule has 1 heterocycles. The van der Waals surface area contributed by atoms with Crippen LogP contribution in [0, 0.1) is 5.92 Å².